The number of hydrogen-bond donors (Lipinski definition) is 1. The molecule has 0 unspecified atom stereocenters. The topological polar surface area (TPSA) is 67.9 Å². The normalized spacial score (nSPS) is 16.8. The number of para-hydroxylation sites is 1. The van der Waals surface area contributed by atoms with E-state index in [9.17, 15) is 9.59 Å². The number of carbonyl (C=O) groups excluding carboxylic acids is 2. The van der Waals surface area contributed by atoms with Crippen molar-refractivity contribution >= 4 is 51.9 Å². The molecule has 4 rings (SSSR count). The number of rotatable bonds is 6. The fourth-order valence-corrected chi connectivity index (χ4v) is 4.63. The van der Waals surface area contributed by atoms with E-state index in [0.29, 0.717) is 33.9 Å². The molecule has 0 atom stereocenters. The molecule has 0 saturated carbocycles. The highest BCUT2D eigenvalue weighted by atomic mass is 32.2. The van der Waals surface area contributed by atoms with E-state index in [1.807, 2.05) is 31.2 Å². The van der Waals surface area contributed by atoms with Crippen molar-refractivity contribution in [1.82, 2.24) is 5.32 Å². The number of thioether (sulfide) groups is 1. The molecule has 0 bridgehead atoms. The van der Waals surface area contributed by atoms with Crippen LogP contribution in [0.1, 0.15) is 24.5 Å². The summed E-state index contributed by atoms with van der Waals surface area (Å²) < 4.78 is 12.0. The first-order chi connectivity index (χ1) is 15.0. The smallest absolute Gasteiger partial charge is 0.264 e. The maximum absolute atomic E-state index is 12.9. The first-order valence-corrected chi connectivity index (χ1v) is 11.3. The number of fused-ring (bicyclic) bond motifs is 1. The van der Waals surface area contributed by atoms with Gasteiger partial charge < -0.3 is 19.7 Å². The van der Waals surface area contributed by atoms with E-state index in [0.717, 1.165) is 24.1 Å². The predicted molar refractivity (Wildman–Crippen MR) is 127 cm³/mol. The van der Waals surface area contributed by atoms with Crippen LogP contribution in [0.25, 0.3) is 6.08 Å². The van der Waals surface area contributed by atoms with E-state index in [1.165, 1.54) is 17.3 Å². The summed E-state index contributed by atoms with van der Waals surface area (Å²) in [5.41, 5.74) is 2.93. The van der Waals surface area contributed by atoms with Crippen molar-refractivity contribution in [3.63, 3.8) is 0 Å². The quantitative estimate of drug-likeness (QED) is 0.527. The number of nitrogens with zero attached hydrogens (tertiary/aromatic N) is 1. The Morgan fingerprint density at radius 2 is 2.06 bits per heavy atom. The van der Waals surface area contributed by atoms with E-state index >= 15 is 0 Å². The molecule has 1 N–H and O–H groups in total. The molecule has 2 aromatic rings. The SMILES string of the molecule is CCOc1cc(/C=C2/SC(=S)NC2=O)ccc1OCC(=O)N1CCCc2ccccc21. The van der Waals surface area contributed by atoms with Crippen molar-refractivity contribution in [2.75, 3.05) is 24.7 Å². The molecule has 6 nitrogen and oxygen atoms in total. The number of ether oxygens (including phenoxy) is 2. The van der Waals surface area contributed by atoms with Crippen LogP contribution in [0.2, 0.25) is 0 Å². The number of anilines is 1. The Balaban J connectivity index is 1.48. The van der Waals surface area contributed by atoms with Gasteiger partial charge in [-0.25, -0.2) is 0 Å². The summed E-state index contributed by atoms with van der Waals surface area (Å²) in [6, 6.07) is 13.3. The van der Waals surface area contributed by atoms with Gasteiger partial charge in [0.15, 0.2) is 18.1 Å². The van der Waals surface area contributed by atoms with Crippen molar-refractivity contribution < 1.29 is 19.1 Å². The van der Waals surface area contributed by atoms with Crippen LogP contribution in [0.4, 0.5) is 5.69 Å². The van der Waals surface area contributed by atoms with Crippen LogP contribution >= 0.6 is 24.0 Å². The van der Waals surface area contributed by atoms with Crippen LogP contribution in [0, 0.1) is 0 Å². The lowest BCUT2D eigenvalue weighted by molar-refractivity contribution is -0.120. The number of carbonyl (C=O) groups is 2. The molecule has 2 heterocycles. The number of hydrogen-bond acceptors (Lipinski definition) is 6. The lowest BCUT2D eigenvalue weighted by Gasteiger charge is -2.29. The van der Waals surface area contributed by atoms with Crippen LogP contribution < -0.4 is 19.7 Å². The molecule has 0 aromatic heterocycles. The molecule has 0 aliphatic carbocycles. The van der Waals surface area contributed by atoms with Gasteiger partial charge in [0.2, 0.25) is 0 Å². The Morgan fingerprint density at radius 1 is 1.23 bits per heavy atom. The minimum atomic E-state index is -0.208. The Labute approximate surface area is 190 Å². The standard InChI is InChI=1S/C23H22N2O4S2/c1-2-28-19-12-15(13-20-22(27)24-23(30)31-20)9-10-18(19)29-14-21(26)25-11-5-7-16-6-3-4-8-17(16)25/h3-4,6,8-10,12-13H,2,5,7,11,14H2,1H3,(H,24,27,30)/b20-13+. The molecular formula is C23H22N2O4S2. The second-order valence-electron chi connectivity index (χ2n) is 7.06. The number of benzene rings is 2. The van der Waals surface area contributed by atoms with Crippen LogP contribution in [-0.2, 0) is 16.0 Å². The fourth-order valence-electron chi connectivity index (χ4n) is 3.58. The molecule has 0 spiro atoms. The highest BCUT2D eigenvalue weighted by molar-refractivity contribution is 8.26. The zero-order valence-electron chi connectivity index (χ0n) is 17.1. The molecule has 1 saturated heterocycles. The van der Waals surface area contributed by atoms with Crippen LogP contribution in [0.3, 0.4) is 0 Å². The molecule has 2 aromatic carbocycles. The molecule has 8 heteroatoms. The molecule has 2 aliphatic heterocycles. The molecule has 0 radical (unpaired) electrons. The van der Waals surface area contributed by atoms with Gasteiger partial charge in [-0.05, 0) is 55.2 Å². The summed E-state index contributed by atoms with van der Waals surface area (Å²) in [6.45, 7) is 2.93. The molecule has 31 heavy (non-hydrogen) atoms. The average Bonchev–Trinajstić information content (AvgIpc) is 3.09. The van der Waals surface area contributed by atoms with Gasteiger partial charge >= 0.3 is 0 Å². The maximum atomic E-state index is 12.9. The monoisotopic (exact) mass is 454 g/mol. The van der Waals surface area contributed by atoms with E-state index in [4.69, 9.17) is 21.7 Å². The van der Waals surface area contributed by atoms with Crippen molar-refractivity contribution in [3.8, 4) is 11.5 Å². The average molecular weight is 455 g/mol. The lowest BCUT2D eigenvalue weighted by atomic mass is 10.0. The fraction of sp³-hybridized carbons (Fsp3) is 0.261. The summed E-state index contributed by atoms with van der Waals surface area (Å²) >= 11 is 6.25. The van der Waals surface area contributed by atoms with Crippen LogP contribution in [0.15, 0.2) is 47.4 Å². The largest absolute Gasteiger partial charge is 0.490 e. The summed E-state index contributed by atoms with van der Waals surface area (Å²) in [4.78, 5) is 27.1. The van der Waals surface area contributed by atoms with Gasteiger partial charge in [0.1, 0.15) is 4.32 Å². The zero-order valence-corrected chi connectivity index (χ0v) is 18.7. The molecule has 1 fully saturated rings. The number of amides is 2. The Hall–Kier alpha value is -2.84. The highest BCUT2D eigenvalue weighted by Crippen LogP contribution is 2.32. The minimum absolute atomic E-state index is 0.0820. The number of aryl methyl sites for hydroxylation is 1. The first-order valence-electron chi connectivity index (χ1n) is 10.1. The number of nitrogens with one attached hydrogen (secondary N) is 1. The van der Waals surface area contributed by atoms with Gasteiger partial charge in [-0.15, -0.1) is 0 Å². The Bertz CT molecular complexity index is 1070. The minimum Gasteiger partial charge on any atom is -0.490 e. The maximum Gasteiger partial charge on any atom is 0.264 e. The summed E-state index contributed by atoms with van der Waals surface area (Å²) in [5, 5.41) is 2.60. The van der Waals surface area contributed by atoms with Gasteiger partial charge in [-0.1, -0.05) is 48.2 Å². The molecule has 2 aliphatic rings. The summed E-state index contributed by atoms with van der Waals surface area (Å²) in [6.07, 6.45) is 3.67. The highest BCUT2D eigenvalue weighted by Gasteiger charge is 2.24. The first kappa shape index (κ1) is 21.4. The van der Waals surface area contributed by atoms with Gasteiger partial charge in [0.05, 0.1) is 11.5 Å². The van der Waals surface area contributed by atoms with E-state index < -0.39 is 0 Å². The molecule has 2 amide bonds. The third-order valence-electron chi connectivity index (χ3n) is 4.97. The summed E-state index contributed by atoms with van der Waals surface area (Å²) in [5.74, 6) is 0.713. The predicted octanol–water partition coefficient (Wildman–Crippen LogP) is 3.93. The summed E-state index contributed by atoms with van der Waals surface area (Å²) in [7, 11) is 0. The second-order valence-corrected chi connectivity index (χ2v) is 8.78. The third kappa shape index (κ3) is 4.91. The van der Waals surface area contributed by atoms with Crippen molar-refractivity contribution in [3.05, 3.63) is 58.5 Å². The van der Waals surface area contributed by atoms with Gasteiger partial charge in [-0.3, -0.25) is 9.59 Å². The van der Waals surface area contributed by atoms with E-state index in [-0.39, 0.29) is 18.4 Å². The van der Waals surface area contributed by atoms with Crippen LogP contribution in [-0.4, -0.2) is 35.9 Å². The Morgan fingerprint density at radius 3 is 2.84 bits per heavy atom. The van der Waals surface area contributed by atoms with Gasteiger partial charge in [0, 0.05) is 12.2 Å². The lowest BCUT2D eigenvalue weighted by Crippen LogP contribution is -2.38. The van der Waals surface area contributed by atoms with Crippen molar-refractivity contribution in [2.24, 2.45) is 0 Å². The second kappa shape index (κ2) is 9.53. The zero-order chi connectivity index (χ0) is 21.8. The molecular weight excluding hydrogens is 432 g/mol. The van der Waals surface area contributed by atoms with Crippen LogP contribution in [0.5, 0.6) is 11.5 Å². The molecule has 160 valence electrons. The third-order valence-corrected chi connectivity index (χ3v) is 6.13. The van der Waals surface area contributed by atoms with Crippen molar-refractivity contribution in [2.45, 2.75) is 19.8 Å². The van der Waals surface area contributed by atoms with Gasteiger partial charge in [-0.2, -0.15) is 0 Å². The van der Waals surface area contributed by atoms with E-state index in [1.54, 1.807) is 23.1 Å². The van der Waals surface area contributed by atoms with E-state index in [2.05, 4.69) is 11.4 Å². The van der Waals surface area contributed by atoms with Crippen molar-refractivity contribution in [1.29, 1.82) is 0 Å². The Kier molecular flexibility index (Phi) is 6.58. The number of thiocarbonyl (C=S) groups is 1. The van der Waals surface area contributed by atoms with Gasteiger partial charge in [0.25, 0.3) is 11.8 Å².